The molecule has 1 atom stereocenters. The van der Waals surface area contributed by atoms with E-state index in [4.69, 9.17) is 5.11 Å². The molecule has 1 heterocycles. The first-order valence-corrected chi connectivity index (χ1v) is 6.00. The fourth-order valence-corrected chi connectivity index (χ4v) is 1.67. The Kier molecular flexibility index (Phi) is 5.09. The van der Waals surface area contributed by atoms with Crippen LogP contribution in [0, 0.1) is 5.92 Å². The second-order valence-electron chi connectivity index (χ2n) is 4.99. The molecule has 0 spiro atoms. The van der Waals surface area contributed by atoms with Gasteiger partial charge in [-0.05, 0) is 32.1 Å². The van der Waals surface area contributed by atoms with Crippen molar-refractivity contribution in [3.05, 3.63) is 24.0 Å². The van der Waals surface area contributed by atoms with E-state index >= 15 is 0 Å². The highest BCUT2D eigenvalue weighted by molar-refractivity contribution is 5.86. The number of hydrogen-bond donors (Lipinski definition) is 2. The molecule has 0 aromatic carbocycles. The van der Waals surface area contributed by atoms with Crippen molar-refractivity contribution in [3.63, 3.8) is 0 Å². The highest BCUT2D eigenvalue weighted by Gasteiger charge is 2.15. The van der Waals surface area contributed by atoms with E-state index < -0.39 is 5.97 Å². The first-order chi connectivity index (χ1) is 8.40. The number of hydrogen-bond acceptors (Lipinski definition) is 4. The summed E-state index contributed by atoms with van der Waals surface area (Å²) in [4.78, 5) is 16.8. The van der Waals surface area contributed by atoms with Crippen molar-refractivity contribution in [2.75, 3.05) is 26.0 Å². The molecule has 18 heavy (non-hydrogen) atoms. The Balaban J connectivity index is 2.80. The van der Waals surface area contributed by atoms with Crippen molar-refractivity contribution in [2.45, 2.75) is 19.9 Å². The number of pyridine rings is 1. The van der Waals surface area contributed by atoms with E-state index in [2.05, 4.69) is 29.0 Å². The fourth-order valence-electron chi connectivity index (χ4n) is 1.67. The van der Waals surface area contributed by atoms with E-state index in [0.29, 0.717) is 5.92 Å². The van der Waals surface area contributed by atoms with Gasteiger partial charge >= 0.3 is 5.97 Å². The monoisotopic (exact) mass is 251 g/mol. The molecular formula is C13H21N3O2. The Labute approximate surface area is 108 Å². The highest BCUT2D eigenvalue weighted by atomic mass is 16.4. The third-order valence-electron chi connectivity index (χ3n) is 2.70. The first-order valence-electron chi connectivity index (χ1n) is 6.00. The van der Waals surface area contributed by atoms with Crippen LogP contribution in [0.25, 0.3) is 0 Å². The zero-order chi connectivity index (χ0) is 13.7. The standard InChI is InChI=1S/C13H21N3O2/c1-9(2)12(8-16(3)4)15-10-5-6-14-11(7-10)13(17)18/h5-7,9,12H,8H2,1-4H3,(H,14,15)(H,17,18). The maximum Gasteiger partial charge on any atom is 0.354 e. The summed E-state index contributed by atoms with van der Waals surface area (Å²) in [6.07, 6.45) is 1.51. The lowest BCUT2D eigenvalue weighted by atomic mass is 10.0. The van der Waals surface area contributed by atoms with Crippen molar-refractivity contribution in [1.29, 1.82) is 0 Å². The molecule has 5 nitrogen and oxygen atoms in total. The van der Waals surface area contributed by atoms with Crippen molar-refractivity contribution in [2.24, 2.45) is 5.92 Å². The molecule has 1 unspecified atom stereocenters. The number of nitrogens with zero attached hydrogens (tertiary/aromatic N) is 2. The molecule has 0 saturated heterocycles. The van der Waals surface area contributed by atoms with Crippen LogP contribution in [0.15, 0.2) is 18.3 Å². The molecule has 1 aromatic heterocycles. The van der Waals surface area contributed by atoms with Crippen LogP contribution < -0.4 is 5.32 Å². The lowest BCUT2D eigenvalue weighted by molar-refractivity contribution is 0.0690. The van der Waals surface area contributed by atoms with Gasteiger partial charge in [-0.1, -0.05) is 13.8 Å². The average Bonchev–Trinajstić information content (AvgIpc) is 2.27. The van der Waals surface area contributed by atoms with Gasteiger partial charge < -0.3 is 15.3 Å². The average molecular weight is 251 g/mol. The predicted octanol–water partition coefficient (Wildman–Crippen LogP) is 1.78. The highest BCUT2D eigenvalue weighted by Crippen LogP contribution is 2.14. The topological polar surface area (TPSA) is 65.5 Å². The fraction of sp³-hybridized carbons (Fsp3) is 0.538. The maximum absolute atomic E-state index is 10.9. The molecule has 0 aliphatic carbocycles. The zero-order valence-electron chi connectivity index (χ0n) is 11.3. The maximum atomic E-state index is 10.9. The minimum absolute atomic E-state index is 0.0624. The molecule has 0 fully saturated rings. The summed E-state index contributed by atoms with van der Waals surface area (Å²) in [5.41, 5.74) is 0.857. The summed E-state index contributed by atoms with van der Waals surface area (Å²) in [5, 5.41) is 12.3. The van der Waals surface area contributed by atoms with E-state index in [1.54, 1.807) is 12.1 Å². The van der Waals surface area contributed by atoms with Gasteiger partial charge in [0.15, 0.2) is 0 Å². The number of carbonyl (C=O) groups is 1. The quantitative estimate of drug-likeness (QED) is 0.806. The van der Waals surface area contributed by atoms with Crippen LogP contribution in [-0.4, -0.2) is 47.6 Å². The summed E-state index contributed by atoms with van der Waals surface area (Å²) < 4.78 is 0. The van der Waals surface area contributed by atoms with Crippen molar-refractivity contribution in [1.82, 2.24) is 9.88 Å². The SMILES string of the molecule is CC(C)C(CN(C)C)Nc1ccnc(C(=O)O)c1. The van der Waals surface area contributed by atoms with Gasteiger partial charge in [0.2, 0.25) is 0 Å². The van der Waals surface area contributed by atoms with Crippen LogP contribution >= 0.6 is 0 Å². The number of nitrogens with one attached hydrogen (secondary N) is 1. The largest absolute Gasteiger partial charge is 0.477 e. The number of aromatic carboxylic acids is 1. The number of carboxylic acids is 1. The smallest absolute Gasteiger partial charge is 0.354 e. The summed E-state index contributed by atoms with van der Waals surface area (Å²) in [5.74, 6) is -0.554. The van der Waals surface area contributed by atoms with Crippen LogP contribution in [0.2, 0.25) is 0 Å². The van der Waals surface area contributed by atoms with Gasteiger partial charge in [0.25, 0.3) is 0 Å². The molecule has 0 amide bonds. The lowest BCUT2D eigenvalue weighted by Crippen LogP contribution is -2.36. The molecule has 2 N–H and O–H groups in total. The number of rotatable bonds is 6. The Morgan fingerprint density at radius 1 is 1.50 bits per heavy atom. The third-order valence-corrected chi connectivity index (χ3v) is 2.70. The Hall–Kier alpha value is -1.62. The molecule has 0 aliphatic rings. The van der Waals surface area contributed by atoms with Gasteiger partial charge in [0.1, 0.15) is 5.69 Å². The summed E-state index contributed by atoms with van der Waals surface area (Å²) >= 11 is 0. The summed E-state index contributed by atoms with van der Waals surface area (Å²) in [7, 11) is 4.04. The van der Waals surface area contributed by atoms with Gasteiger partial charge in [-0.15, -0.1) is 0 Å². The third kappa shape index (κ3) is 4.33. The Bertz CT molecular complexity index is 405. The normalized spacial score (nSPS) is 12.8. The summed E-state index contributed by atoms with van der Waals surface area (Å²) in [6.45, 7) is 5.17. The van der Waals surface area contributed by atoms with E-state index in [0.717, 1.165) is 12.2 Å². The Morgan fingerprint density at radius 2 is 2.17 bits per heavy atom. The minimum Gasteiger partial charge on any atom is -0.477 e. The second-order valence-corrected chi connectivity index (χ2v) is 4.99. The van der Waals surface area contributed by atoms with Gasteiger partial charge in [-0.3, -0.25) is 0 Å². The molecule has 0 radical (unpaired) electrons. The van der Waals surface area contributed by atoms with E-state index in [1.165, 1.54) is 6.20 Å². The lowest BCUT2D eigenvalue weighted by Gasteiger charge is -2.26. The minimum atomic E-state index is -1.01. The number of anilines is 1. The van der Waals surface area contributed by atoms with Gasteiger partial charge in [-0.25, -0.2) is 9.78 Å². The summed E-state index contributed by atoms with van der Waals surface area (Å²) in [6, 6.07) is 3.62. The van der Waals surface area contributed by atoms with Gasteiger partial charge in [-0.2, -0.15) is 0 Å². The number of carboxylic acid groups (broad SMARTS) is 1. The zero-order valence-corrected chi connectivity index (χ0v) is 11.3. The first kappa shape index (κ1) is 14.4. The molecule has 0 aliphatic heterocycles. The Morgan fingerprint density at radius 3 is 2.67 bits per heavy atom. The molecular weight excluding hydrogens is 230 g/mol. The second kappa shape index (κ2) is 6.35. The van der Waals surface area contributed by atoms with Crippen LogP contribution in [0.3, 0.4) is 0 Å². The molecule has 0 saturated carbocycles. The van der Waals surface area contributed by atoms with E-state index in [9.17, 15) is 4.79 Å². The van der Waals surface area contributed by atoms with Crippen LogP contribution in [0.1, 0.15) is 24.3 Å². The van der Waals surface area contributed by atoms with Crippen LogP contribution in [0.5, 0.6) is 0 Å². The molecule has 1 aromatic rings. The van der Waals surface area contributed by atoms with Crippen LogP contribution in [-0.2, 0) is 0 Å². The number of likely N-dealkylation sites (N-methyl/N-ethyl adjacent to an activating group) is 1. The molecule has 0 bridgehead atoms. The van der Waals surface area contributed by atoms with Crippen molar-refractivity contribution in [3.8, 4) is 0 Å². The van der Waals surface area contributed by atoms with E-state index in [1.807, 2.05) is 14.1 Å². The van der Waals surface area contributed by atoms with Gasteiger partial charge in [0, 0.05) is 24.5 Å². The van der Waals surface area contributed by atoms with Crippen molar-refractivity contribution < 1.29 is 9.90 Å². The van der Waals surface area contributed by atoms with Crippen LogP contribution in [0.4, 0.5) is 5.69 Å². The van der Waals surface area contributed by atoms with E-state index in [-0.39, 0.29) is 11.7 Å². The molecule has 1 rings (SSSR count). The van der Waals surface area contributed by atoms with Crippen molar-refractivity contribution >= 4 is 11.7 Å². The van der Waals surface area contributed by atoms with Gasteiger partial charge in [0.05, 0.1) is 0 Å². The molecule has 100 valence electrons. The number of aromatic nitrogens is 1. The molecule has 5 heteroatoms. The predicted molar refractivity (Wildman–Crippen MR) is 72.0 cm³/mol.